The van der Waals surface area contributed by atoms with Crippen molar-refractivity contribution in [3.8, 4) is 0 Å². The second-order valence-corrected chi connectivity index (χ2v) is 7.11. The number of aryl methyl sites for hydroxylation is 1. The highest BCUT2D eigenvalue weighted by atomic mass is 32.2. The summed E-state index contributed by atoms with van der Waals surface area (Å²) in [4.78, 5) is 5.08. The van der Waals surface area contributed by atoms with Crippen LogP contribution in [0.1, 0.15) is 36.2 Å². The zero-order valence-electron chi connectivity index (χ0n) is 13.3. The zero-order chi connectivity index (χ0) is 16.2. The van der Waals surface area contributed by atoms with Crippen molar-refractivity contribution in [3.05, 3.63) is 41.5 Å². The van der Waals surface area contributed by atoms with Gasteiger partial charge in [-0.3, -0.25) is 4.21 Å². The van der Waals surface area contributed by atoms with E-state index in [-0.39, 0.29) is 12.2 Å². The number of hydrogen-bond acceptors (Lipinski definition) is 6. The third-order valence-corrected chi connectivity index (χ3v) is 4.82. The molecule has 7 heteroatoms. The highest BCUT2D eigenvalue weighted by molar-refractivity contribution is 7.84. The number of ether oxygens (including phenoxy) is 1. The van der Waals surface area contributed by atoms with Crippen molar-refractivity contribution in [2.75, 3.05) is 12.8 Å². The monoisotopic (exact) mass is 335 g/mol. The van der Waals surface area contributed by atoms with E-state index in [0.717, 1.165) is 30.8 Å². The fourth-order valence-electron chi connectivity index (χ4n) is 2.66. The van der Waals surface area contributed by atoms with Crippen molar-refractivity contribution in [1.29, 1.82) is 0 Å². The molecular formula is C16H21N3O3S. The molecule has 0 radical (unpaired) electrons. The van der Waals surface area contributed by atoms with Gasteiger partial charge in [0.05, 0.1) is 6.10 Å². The van der Waals surface area contributed by atoms with E-state index in [1.165, 1.54) is 5.56 Å². The SMILES string of the molecule is Cc1noc([C@@H]2CC[C@H](CNCc3ccc([S@](C)=O)cc3)O2)n1. The first kappa shape index (κ1) is 16.3. The average Bonchev–Trinajstić information content (AvgIpc) is 3.17. The number of benzene rings is 1. The summed E-state index contributed by atoms with van der Waals surface area (Å²) in [5.41, 5.74) is 1.17. The summed E-state index contributed by atoms with van der Waals surface area (Å²) in [7, 11) is -0.926. The third-order valence-electron chi connectivity index (χ3n) is 3.88. The van der Waals surface area contributed by atoms with Crippen LogP contribution in [0.15, 0.2) is 33.7 Å². The molecular weight excluding hydrogens is 314 g/mol. The van der Waals surface area contributed by atoms with Gasteiger partial charge in [-0.05, 0) is 37.5 Å². The minimum atomic E-state index is -0.926. The molecule has 2 heterocycles. The van der Waals surface area contributed by atoms with Gasteiger partial charge in [0.15, 0.2) is 5.82 Å². The molecule has 0 saturated carbocycles. The van der Waals surface area contributed by atoms with E-state index in [9.17, 15) is 4.21 Å². The number of nitrogens with zero attached hydrogens (tertiary/aromatic N) is 2. The third kappa shape index (κ3) is 4.25. The Bertz CT molecular complexity index is 671. The number of rotatable bonds is 6. The van der Waals surface area contributed by atoms with Crippen molar-refractivity contribution in [3.63, 3.8) is 0 Å². The Labute approximate surface area is 138 Å². The van der Waals surface area contributed by atoms with Crippen LogP contribution in [0.4, 0.5) is 0 Å². The molecule has 0 unspecified atom stereocenters. The molecule has 1 N–H and O–H groups in total. The highest BCUT2D eigenvalue weighted by Crippen LogP contribution is 2.31. The highest BCUT2D eigenvalue weighted by Gasteiger charge is 2.30. The Kier molecular flexibility index (Phi) is 5.20. The summed E-state index contributed by atoms with van der Waals surface area (Å²) in [6.45, 7) is 3.35. The maximum Gasteiger partial charge on any atom is 0.255 e. The first-order valence-electron chi connectivity index (χ1n) is 7.70. The van der Waals surface area contributed by atoms with Gasteiger partial charge in [0.2, 0.25) is 0 Å². The smallest absolute Gasteiger partial charge is 0.255 e. The lowest BCUT2D eigenvalue weighted by Gasteiger charge is -2.12. The maximum atomic E-state index is 11.4. The lowest BCUT2D eigenvalue weighted by molar-refractivity contribution is 0.0264. The van der Waals surface area contributed by atoms with E-state index < -0.39 is 10.8 Å². The lowest BCUT2D eigenvalue weighted by Crippen LogP contribution is -2.26. The largest absolute Gasteiger partial charge is 0.364 e. The number of hydrogen-bond donors (Lipinski definition) is 1. The number of aromatic nitrogens is 2. The van der Waals surface area contributed by atoms with E-state index in [2.05, 4.69) is 15.5 Å². The van der Waals surface area contributed by atoms with E-state index in [4.69, 9.17) is 9.26 Å². The minimum Gasteiger partial charge on any atom is -0.364 e. The fraction of sp³-hybridized carbons (Fsp3) is 0.500. The quantitative estimate of drug-likeness (QED) is 0.871. The van der Waals surface area contributed by atoms with Gasteiger partial charge in [0.1, 0.15) is 6.10 Å². The Morgan fingerprint density at radius 3 is 2.74 bits per heavy atom. The van der Waals surface area contributed by atoms with Crippen LogP contribution in [-0.4, -0.2) is 33.3 Å². The van der Waals surface area contributed by atoms with Gasteiger partial charge >= 0.3 is 0 Å². The van der Waals surface area contributed by atoms with Crippen LogP contribution >= 0.6 is 0 Å². The van der Waals surface area contributed by atoms with Gasteiger partial charge in [0, 0.05) is 35.0 Å². The number of nitrogens with one attached hydrogen (secondary N) is 1. The van der Waals surface area contributed by atoms with Crippen LogP contribution in [0, 0.1) is 6.92 Å². The van der Waals surface area contributed by atoms with Gasteiger partial charge in [-0.2, -0.15) is 4.98 Å². The van der Waals surface area contributed by atoms with E-state index in [1.807, 2.05) is 24.3 Å². The topological polar surface area (TPSA) is 77.2 Å². The van der Waals surface area contributed by atoms with Crippen molar-refractivity contribution in [1.82, 2.24) is 15.5 Å². The van der Waals surface area contributed by atoms with Crippen LogP contribution in [0.5, 0.6) is 0 Å². The summed E-state index contributed by atoms with van der Waals surface area (Å²) in [5.74, 6) is 1.22. The van der Waals surface area contributed by atoms with Crippen LogP contribution in [0.3, 0.4) is 0 Å². The average molecular weight is 335 g/mol. The Balaban J connectivity index is 1.43. The molecule has 0 spiro atoms. The summed E-state index contributed by atoms with van der Waals surface area (Å²) >= 11 is 0. The molecule has 1 aliphatic heterocycles. The van der Waals surface area contributed by atoms with Gasteiger partial charge in [-0.15, -0.1) is 0 Å². The van der Waals surface area contributed by atoms with E-state index >= 15 is 0 Å². The van der Waals surface area contributed by atoms with Gasteiger partial charge in [-0.25, -0.2) is 0 Å². The molecule has 0 amide bonds. The molecule has 1 saturated heterocycles. The normalized spacial score (nSPS) is 22.3. The second kappa shape index (κ2) is 7.33. The predicted molar refractivity (Wildman–Crippen MR) is 86.4 cm³/mol. The Hall–Kier alpha value is -1.57. The van der Waals surface area contributed by atoms with Gasteiger partial charge in [0.25, 0.3) is 5.89 Å². The molecule has 124 valence electrons. The fourth-order valence-corrected chi connectivity index (χ4v) is 3.18. The van der Waals surface area contributed by atoms with E-state index in [0.29, 0.717) is 11.7 Å². The minimum absolute atomic E-state index is 0.0817. The van der Waals surface area contributed by atoms with Crippen molar-refractivity contribution in [2.45, 2.75) is 43.4 Å². The van der Waals surface area contributed by atoms with Crippen molar-refractivity contribution < 1.29 is 13.5 Å². The van der Waals surface area contributed by atoms with Crippen molar-refractivity contribution >= 4 is 10.8 Å². The molecule has 0 aliphatic carbocycles. The van der Waals surface area contributed by atoms with Crippen LogP contribution in [-0.2, 0) is 22.1 Å². The zero-order valence-corrected chi connectivity index (χ0v) is 14.1. The molecule has 2 aromatic rings. The molecule has 1 aromatic heterocycles. The lowest BCUT2D eigenvalue weighted by atomic mass is 10.2. The molecule has 1 fully saturated rings. The Morgan fingerprint density at radius 2 is 2.09 bits per heavy atom. The van der Waals surface area contributed by atoms with Crippen LogP contribution in [0.25, 0.3) is 0 Å². The molecule has 3 atom stereocenters. The molecule has 6 nitrogen and oxygen atoms in total. The van der Waals surface area contributed by atoms with Crippen molar-refractivity contribution in [2.24, 2.45) is 0 Å². The first-order chi connectivity index (χ1) is 11.1. The van der Waals surface area contributed by atoms with Gasteiger partial charge in [-0.1, -0.05) is 17.3 Å². The standard InChI is InChI=1S/C16H21N3O3S/c1-11-18-16(22-19-11)15-8-5-13(21-15)10-17-9-12-3-6-14(7-4-12)23(2)20/h3-4,6-7,13,15,17H,5,8-10H2,1-2H3/t13-,15+,23+/m1/s1. The summed E-state index contributed by atoms with van der Waals surface area (Å²) in [5, 5.41) is 7.21. The Morgan fingerprint density at radius 1 is 1.30 bits per heavy atom. The van der Waals surface area contributed by atoms with Gasteiger partial charge < -0.3 is 14.6 Å². The maximum absolute atomic E-state index is 11.4. The molecule has 23 heavy (non-hydrogen) atoms. The molecule has 0 bridgehead atoms. The van der Waals surface area contributed by atoms with Crippen LogP contribution in [0.2, 0.25) is 0 Å². The summed E-state index contributed by atoms with van der Waals surface area (Å²) in [6, 6.07) is 7.83. The molecule has 3 rings (SSSR count). The summed E-state index contributed by atoms with van der Waals surface area (Å²) < 4.78 is 22.5. The molecule has 1 aromatic carbocycles. The van der Waals surface area contributed by atoms with Crippen LogP contribution < -0.4 is 5.32 Å². The second-order valence-electron chi connectivity index (χ2n) is 5.73. The summed E-state index contributed by atoms with van der Waals surface area (Å²) in [6.07, 6.45) is 3.65. The van der Waals surface area contributed by atoms with E-state index in [1.54, 1.807) is 13.2 Å². The molecule has 1 aliphatic rings. The first-order valence-corrected chi connectivity index (χ1v) is 9.26. The predicted octanol–water partition coefficient (Wildman–Crippen LogP) is 2.13.